The van der Waals surface area contributed by atoms with E-state index in [9.17, 15) is 9.59 Å². The second-order valence-electron chi connectivity index (χ2n) is 7.38. The van der Waals surface area contributed by atoms with Crippen molar-refractivity contribution in [2.24, 2.45) is 0 Å². The number of benzene rings is 1. The van der Waals surface area contributed by atoms with Crippen molar-refractivity contribution in [3.63, 3.8) is 0 Å². The van der Waals surface area contributed by atoms with Gasteiger partial charge in [0.1, 0.15) is 10.8 Å². The number of thiophene rings is 1. The molecule has 0 saturated heterocycles. The van der Waals surface area contributed by atoms with E-state index in [0.29, 0.717) is 18.1 Å². The van der Waals surface area contributed by atoms with Crippen molar-refractivity contribution in [2.75, 3.05) is 19.4 Å². The first-order valence-corrected chi connectivity index (χ1v) is 12.2. The molecule has 0 unspecified atom stereocenters. The molecule has 1 aliphatic rings. The van der Waals surface area contributed by atoms with Crippen LogP contribution in [0.5, 0.6) is 5.75 Å². The second-order valence-corrected chi connectivity index (χ2v) is 9.38. The third-order valence-corrected chi connectivity index (χ3v) is 7.21. The molecule has 1 amide bonds. The number of fused-ring (bicyclic) bond motifs is 1. The topological polar surface area (TPSA) is 73.2 Å². The Morgan fingerprint density at radius 3 is 2.84 bits per heavy atom. The fourth-order valence-corrected chi connectivity index (χ4v) is 5.35. The highest BCUT2D eigenvalue weighted by molar-refractivity contribution is 7.99. The molecule has 1 aromatic carbocycles. The van der Waals surface area contributed by atoms with Gasteiger partial charge in [-0.15, -0.1) is 11.3 Å². The predicted octanol–water partition coefficient (Wildman–Crippen LogP) is 3.30. The smallest absolute Gasteiger partial charge is 0.349 e. The van der Waals surface area contributed by atoms with Crippen LogP contribution in [0.1, 0.15) is 28.1 Å². The highest BCUT2D eigenvalue weighted by atomic mass is 32.2. The molecule has 8 heteroatoms. The van der Waals surface area contributed by atoms with Crippen LogP contribution in [0, 0.1) is 0 Å². The van der Waals surface area contributed by atoms with Crippen LogP contribution in [-0.2, 0) is 30.6 Å². The van der Waals surface area contributed by atoms with E-state index in [1.165, 1.54) is 11.8 Å². The largest absolute Gasteiger partial charge is 0.497 e. The lowest BCUT2D eigenvalue weighted by atomic mass is 10.1. The number of hydrogen-bond acceptors (Lipinski definition) is 6. The second kappa shape index (κ2) is 10.2. The average molecular weight is 456 g/mol. The Morgan fingerprint density at radius 1 is 1.26 bits per heavy atom. The van der Waals surface area contributed by atoms with Crippen LogP contribution < -0.4 is 15.7 Å². The molecule has 0 fully saturated rings. The van der Waals surface area contributed by atoms with Crippen molar-refractivity contribution in [3.05, 3.63) is 74.0 Å². The van der Waals surface area contributed by atoms with Crippen LogP contribution in [0.2, 0.25) is 0 Å². The summed E-state index contributed by atoms with van der Waals surface area (Å²) >= 11 is 3.01. The summed E-state index contributed by atoms with van der Waals surface area (Å²) in [6.07, 6.45) is 3.58. The lowest BCUT2D eigenvalue weighted by Crippen LogP contribution is -2.29. The predicted molar refractivity (Wildman–Crippen MR) is 124 cm³/mol. The molecule has 0 saturated carbocycles. The summed E-state index contributed by atoms with van der Waals surface area (Å²) in [5.74, 6) is 1.03. The maximum Gasteiger partial charge on any atom is 0.349 e. The Labute approximate surface area is 189 Å². The monoisotopic (exact) mass is 455 g/mol. The molecule has 0 spiro atoms. The van der Waals surface area contributed by atoms with Gasteiger partial charge in [-0.05, 0) is 54.8 Å². The molecule has 1 aliphatic carbocycles. The number of carbonyl (C=O) groups excluding carboxylic acids is 1. The molecule has 162 valence electrons. The highest BCUT2D eigenvalue weighted by Gasteiger charge is 2.22. The summed E-state index contributed by atoms with van der Waals surface area (Å²) in [6, 6.07) is 11.9. The lowest BCUT2D eigenvalue weighted by Gasteiger charge is -2.13. The summed E-state index contributed by atoms with van der Waals surface area (Å²) in [6.45, 7) is 1.14. The molecular weight excluding hydrogens is 430 g/mol. The van der Waals surface area contributed by atoms with Crippen LogP contribution in [0.15, 0.2) is 51.6 Å². The van der Waals surface area contributed by atoms with Gasteiger partial charge in [0.25, 0.3) is 0 Å². The quantitative estimate of drug-likeness (QED) is 0.396. The maximum absolute atomic E-state index is 12.7. The molecule has 1 N–H and O–H groups in total. The Bertz CT molecular complexity index is 1090. The number of ether oxygens (including phenoxy) is 1. The van der Waals surface area contributed by atoms with Crippen molar-refractivity contribution in [3.8, 4) is 5.75 Å². The lowest BCUT2D eigenvalue weighted by molar-refractivity contribution is -0.118. The minimum Gasteiger partial charge on any atom is -0.497 e. The minimum absolute atomic E-state index is 0.0465. The molecule has 0 aliphatic heterocycles. The van der Waals surface area contributed by atoms with Crippen molar-refractivity contribution in [2.45, 2.75) is 37.3 Å². The first-order chi connectivity index (χ1) is 15.1. The number of aromatic nitrogens is 2. The number of hydrogen-bond donors (Lipinski definition) is 1. The summed E-state index contributed by atoms with van der Waals surface area (Å²) in [5.41, 5.74) is 3.13. The molecule has 0 radical (unpaired) electrons. The normalized spacial score (nSPS) is 12.5. The number of thioether (sulfide) groups is 1. The van der Waals surface area contributed by atoms with Crippen molar-refractivity contribution in [1.82, 2.24) is 14.9 Å². The molecule has 3 aromatic rings. The zero-order valence-electron chi connectivity index (χ0n) is 17.4. The van der Waals surface area contributed by atoms with Gasteiger partial charge in [0, 0.05) is 22.7 Å². The van der Waals surface area contributed by atoms with Crippen LogP contribution >= 0.6 is 23.1 Å². The fraction of sp³-hybridized carbons (Fsp3) is 0.348. The van der Waals surface area contributed by atoms with E-state index >= 15 is 0 Å². The zero-order valence-corrected chi connectivity index (χ0v) is 19.1. The van der Waals surface area contributed by atoms with Crippen LogP contribution in [0.25, 0.3) is 0 Å². The number of rotatable bonds is 9. The van der Waals surface area contributed by atoms with E-state index in [0.717, 1.165) is 53.1 Å². The average Bonchev–Trinajstić information content (AvgIpc) is 3.47. The number of amides is 1. The molecule has 2 heterocycles. The van der Waals surface area contributed by atoms with Crippen molar-refractivity contribution >= 4 is 29.0 Å². The Morgan fingerprint density at radius 2 is 2.10 bits per heavy atom. The Kier molecular flexibility index (Phi) is 7.09. The molecule has 0 bridgehead atoms. The van der Waals surface area contributed by atoms with Gasteiger partial charge in [-0.3, -0.25) is 9.36 Å². The van der Waals surface area contributed by atoms with E-state index in [4.69, 9.17) is 4.74 Å². The standard InChI is InChI=1S/C23H25N3O3S2/c1-29-17-9-7-16(8-10-17)11-12-24-21(27)15-31-22-19-5-2-6-20(19)26(23(28)25-22)14-18-4-3-13-30-18/h3-4,7-10,13H,2,5-6,11-12,14-15H2,1H3,(H,24,27). The summed E-state index contributed by atoms with van der Waals surface area (Å²) in [5, 5.41) is 5.69. The SMILES string of the molecule is COc1ccc(CCNC(=O)CSc2nc(=O)n(Cc3cccs3)c3c2CCC3)cc1. The van der Waals surface area contributed by atoms with E-state index in [1.54, 1.807) is 23.0 Å². The third kappa shape index (κ3) is 5.37. The molecule has 4 rings (SSSR count). The summed E-state index contributed by atoms with van der Waals surface area (Å²) in [7, 11) is 1.64. The van der Waals surface area contributed by atoms with Gasteiger partial charge in [0.15, 0.2) is 0 Å². The molecule has 6 nitrogen and oxygen atoms in total. The molecular formula is C23H25N3O3S2. The van der Waals surface area contributed by atoms with E-state index < -0.39 is 0 Å². The van der Waals surface area contributed by atoms with Gasteiger partial charge in [-0.1, -0.05) is 30.0 Å². The summed E-state index contributed by atoms with van der Waals surface area (Å²) < 4.78 is 6.96. The maximum atomic E-state index is 12.7. The zero-order chi connectivity index (χ0) is 21.6. The van der Waals surface area contributed by atoms with Gasteiger partial charge in [-0.25, -0.2) is 4.79 Å². The molecule has 2 aromatic heterocycles. The van der Waals surface area contributed by atoms with Crippen molar-refractivity contribution < 1.29 is 9.53 Å². The van der Waals surface area contributed by atoms with Crippen LogP contribution in [0.3, 0.4) is 0 Å². The molecule has 0 atom stereocenters. The van der Waals surface area contributed by atoms with Crippen molar-refractivity contribution in [1.29, 1.82) is 0 Å². The third-order valence-electron chi connectivity index (χ3n) is 5.33. The first kappa shape index (κ1) is 21.6. The minimum atomic E-state index is -0.225. The van der Waals surface area contributed by atoms with Gasteiger partial charge >= 0.3 is 5.69 Å². The Hall–Kier alpha value is -2.58. The molecule has 31 heavy (non-hydrogen) atoms. The van der Waals surface area contributed by atoms with E-state index in [1.807, 2.05) is 41.8 Å². The number of nitrogens with one attached hydrogen (secondary N) is 1. The van der Waals surface area contributed by atoms with Gasteiger partial charge < -0.3 is 10.1 Å². The summed E-state index contributed by atoms with van der Waals surface area (Å²) in [4.78, 5) is 30.5. The van der Waals surface area contributed by atoms with Crippen LogP contribution in [0.4, 0.5) is 0 Å². The first-order valence-electron chi connectivity index (χ1n) is 10.3. The van der Waals surface area contributed by atoms with Gasteiger partial charge in [-0.2, -0.15) is 4.98 Å². The highest BCUT2D eigenvalue weighted by Crippen LogP contribution is 2.29. The van der Waals surface area contributed by atoms with Crippen LogP contribution in [-0.4, -0.2) is 34.9 Å². The number of methoxy groups -OCH3 is 1. The number of carbonyl (C=O) groups is 1. The van der Waals surface area contributed by atoms with Gasteiger partial charge in [0.05, 0.1) is 19.4 Å². The Balaban J connectivity index is 1.34. The van der Waals surface area contributed by atoms with E-state index in [-0.39, 0.29) is 17.3 Å². The van der Waals surface area contributed by atoms with Gasteiger partial charge in [0.2, 0.25) is 5.91 Å². The van der Waals surface area contributed by atoms with E-state index in [2.05, 4.69) is 10.3 Å². The number of nitrogens with zero attached hydrogens (tertiary/aromatic N) is 2. The fourth-order valence-electron chi connectivity index (χ4n) is 3.75.